The smallest absolute Gasteiger partial charge is 0.178 e. The van der Waals surface area contributed by atoms with Gasteiger partial charge in [-0.1, -0.05) is 39.3 Å². The zero-order valence-corrected chi connectivity index (χ0v) is 11.0. The van der Waals surface area contributed by atoms with Crippen molar-refractivity contribution >= 4 is 28.7 Å². The maximum atomic E-state index is 12.2. The highest BCUT2D eigenvalue weighted by atomic mass is 35.5. The summed E-state index contributed by atoms with van der Waals surface area (Å²) in [7, 11) is 0. The van der Waals surface area contributed by atoms with E-state index in [1.54, 1.807) is 6.07 Å². The Morgan fingerprint density at radius 1 is 1.33 bits per heavy atom. The molecular formula is C12H15ClOS. The van der Waals surface area contributed by atoms with E-state index in [-0.39, 0.29) is 22.5 Å². The maximum absolute atomic E-state index is 12.2. The van der Waals surface area contributed by atoms with E-state index >= 15 is 0 Å². The highest BCUT2D eigenvalue weighted by Crippen LogP contribution is 2.69. The number of halogens is 1. The predicted molar refractivity (Wildman–Crippen MR) is 64.7 cm³/mol. The van der Waals surface area contributed by atoms with Gasteiger partial charge >= 0.3 is 0 Å². The van der Waals surface area contributed by atoms with E-state index in [1.165, 1.54) is 11.3 Å². The molecule has 0 N–H and O–H groups in total. The van der Waals surface area contributed by atoms with Gasteiger partial charge in [-0.15, -0.1) is 11.3 Å². The number of ketones is 1. The van der Waals surface area contributed by atoms with E-state index < -0.39 is 0 Å². The molecule has 1 aliphatic carbocycles. The molecule has 3 heteroatoms. The van der Waals surface area contributed by atoms with E-state index in [2.05, 4.69) is 27.7 Å². The van der Waals surface area contributed by atoms with Crippen LogP contribution in [0.5, 0.6) is 0 Å². The van der Waals surface area contributed by atoms with Gasteiger partial charge in [0.25, 0.3) is 0 Å². The highest BCUT2D eigenvalue weighted by Gasteiger charge is 2.68. The molecule has 2 rings (SSSR count). The Bertz CT molecular complexity index is 403. The van der Waals surface area contributed by atoms with Crippen molar-refractivity contribution < 1.29 is 4.79 Å². The third-order valence-corrected chi connectivity index (χ3v) is 5.48. The zero-order chi connectivity index (χ0) is 11.4. The fraction of sp³-hybridized carbons (Fsp3) is 0.583. The molecule has 0 atom stereocenters. The van der Waals surface area contributed by atoms with Gasteiger partial charge in [-0.3, -0.25) is 4.79 Å². The number of carbonyl (C=O) groups excluding carboxylic acids is 1. The van der Waals surface area contributed by atoms with Crippen molar-refractivity contribution in [2.75, 3.05) is 0 Å². The average molecular weight is 243 g/mol. The molecule has 0 spiro atoms. The molecule has 1 heterocycles. The Labute approximate surface area is 99.5 Å². The van der Waals surface area contributed by atoms with Gasteiger partial charge in [0.05, 0.1) is 9.90 Å². The first-order valence-electron chi connectivity index (χ1n) is 5.07. The summed E-state index contributed by atoms with van der Waals surface area (Å²) in [4.78, 5) is 13.0. The predicted octanol–water partition coefficient (Wildman–Crippen LogP) is 4.27. The van der Waals surface area contributed by atoms with Crippen LogP contribution >= 0.6 is 22.9 Å². The van der Waals surface area contributed by atoms with Crippen LogP contribution in [0.1, 0.15) is 37.4 Å². The van der Waals surface area contributed by atoms with Gasteiger partial charge in [0.2, 0.25) is 0 Å². The van der Waals surface area contributed by atoms with Crippen molar-refractivity contribution in [1.82, 2.24) is 0 Å². The summed E-state index contributed by atoms with van der Waals surface area (Å²) in [6, 6.07) is 1.79. The standard InChI is InChI=1S/C12H15ClOS/c1-11(2)10(12(11,3)4)8(14)9-7(13)5-6-15-9/h5-6,10H,1-4H3. The highest BCUT2D eigenvalue weighted by molar-refractivity contribution is 7.12. The summed E-state index contributed by atoms with van der Waals surface area (Å²) in [5, 5.41) is 2.47. The summed E-state index contributed by atoms with van der Waals surface area (Å²) < 4.78 is 0. The molecule has 0 aliphatic heterocycles. The SMILES string of the molecule is CC1(C)C(C(=O)c2sccc2Cl)C1(C)C. The van der Waals surface area contributed by atoms with Crippen LogP contribution in [0.4, 0.5) is 0 Å². The van der Waals surface area contributed by atoms with Crippen LogP contribution in [0.2, 0.25) is 5.02 Å². The Balaban J connectivity index is 2.30. The van der Waals surface area contributed by atoms with Crippen LogP contribution in [-0.2, 0) is 0 Å². The number of hydrogen-bond donors (Lipinski definition) is 0. The Kier molecular flexibility index (Phi) is 2.29. The van der Waals surface area contributed by atoms with Gasteiger partial charge in [0, 0.05) is 5.92 Å². The Morgan fingerprint density at radius 2 is 1.87 bits per heavy atom. The minimum Gasteiger partial charge on any atom is -0.293 e. The number of Topliss-reactive ketones (excluding diaryl/α,β-unsaturated/α-hetero) is 1. The lowest BCUT2D eigenvalue weighted by Crippen LogP contribution is -2.05. The molecule has 1 aromatic heterocycles. The first kappa shape index (κ1) is 11.2. The number of carbonyl (C=O) groups is 1. The molecule has 0 aromatic carbocycles. The first-order chi connectivity index (χ1) is 6.80. The number of thiophene rings is 1. The normalized spacial score (nSPS) is 22.7. The lowest BCUT2D eigenvalue weighted by molar-refractivity contribution is 0.0949. The minimum absolute atomic E-state index is 0.0946. The van der Waals surface area contributed by atoms with Crippen LogP contribution in [0, 0.1) is 16.7 Å². The Hall–Kier alpha value is -0.340. The van der Waals surface area contributed by atoms with Crippen molar-refractivity contribution in [1.29, 1.82) is 0 Å². The average Bonchev–Trinajstić information content (AvgIpc) is 2.48. The molecular weight excluding hydrogens is 228 g/mol. The van der Waals surface area contributed by atoms with Crippen molar-refractivity contribution in [3.05, 3.63) is 21.3 Å². The third kappa shape index (κ3) is 1.38. The second-order valence-corrected chi connectivity index (χ2v) is 6.66. The van der Waals surface area contributed by atoms with Crippen molar-refractivity contribution in [3.63, 3.8) is 0 Å². The largest absolute Gasteiger partial charge is 0.293 e. The molecule has 1 nitrogen and oxygen atoms in total. The number of hydrogen-bond acceptors (Lipinski definition) is 2. The van der Waals surface area contributed by atoms with Crippen LogP contribution in [-0.4, -0.2) is 5.78 Å². The van der Waals surface area contributed by atoms with Gasteiger partial charge in [-0.2, -0.15) is 0 Å². The molecule has 1 aromatic rings. The van der Waals surface area contributed by atoms with Crippen LogP contribution in [0.25, 0.3) is 0 Å². The van der Waals surface area contributed by atoms with Gasteiger partial charge in [-0.25, -0.2) is 0 Å². The molecule has 0 bridgehead atoms. The lowest BCUT2D eigenvalue weighted by atomic mass is 10.0. The summed E-state index contributed by atoms with van der Waals surface area (Å²) >= 11 is 7.43. The second-order valence-electron chi connectivity index (χ2n) is 5.34. The molecule has 0 radical (unpaired) electrons. The quantitative estimate of drug-likeness (QED) is 0.708. The molecule has 1 aliphatic rings. The van der Waals surface area contributed by atoms with E-state index in [0.717, 1.165) is 4.88 Å². The third-order valence-electron chi connectivity index (χ3n) is 4.12. The topological polar surface area (TPSA) is 17.1 Å². The second kappa shape index (κ2) is 3.08. The Morgan fingerprint density at radius 3 is 2.20 bits per heavy atom. The van der Waals surface area contributed by atoms with Crippen molar-refractivity contribution in [2.24, 2.45) is 16.7 Å². The van der Waals surface area contributed by atoms with Crippen molar-refractivity contribution in [2.45, 2.75) is 27.7 Å². The van der Waals surface area contributed by atoms with E-state index in [4.69, 9.17) is 11.6 Å². The van der Waals surface area contributed by atoms with Crippen LogP contribution in [0.3, 0.4) is 0 Å². The maximum Gasteiger partial charge on any atom is 0.178 e. The molecule has 0 amide bonds. The van der Waals surface area contributed by atoms with Crippen LogP contribution < -0.4 is 0 Å². The van der Waals surface area contributed by atoms with Crippen molar-refractivity contribution in [3.8, 4) is 0 Å². The monoisotopic (exact) mass is 242 g/mol. The minimum atomic E-state index is 0.0946. The molecule has 1 saturated carbocycles. The van der Waals surface area contributed by atoms with E-state index in [9.17, 15) is 4.79 Å². The fourth-order valence-corrected chi connectivity index (χ4v) is 3.57. The first-order valence-corrected chi connectivity index (χ1v) is 6.33. The summed E-state index contributed by atoms with van der Waals surface area (Å²) in [5.74, 6) is 0.325. The molecule has 15 heavy (non-hydrogen) atoms. The van der Waals surface area contributed by atoms with E-state index in [1.807, 2.05) is 5.38 Å². The fourth-order valence-electron chi connectivity index (χ4n) is 2.45. The summed E-state index contributed by atoms with van der Waals surface area (Å²) in [5.41, 5.74) is 0.189. The van der Waals surface area contributed by atoms with Gasteiger partial charge in [0.15, 0.2) is 5.78 Å². The number of rotatable bonds is 2. The molecule has 0 unspecified atom stereocenters. The molecule has 82 valence electrons. The van der Waals surface area contributed by atoms with Crippen LogP contribution in [0.15, 0.2) is 11.4 Å². The molecule has 0 saturated heterocycles. The lowest BCUT2D eigenvalue weighted by Gasteiger charge is -2.03. The zero-order valence-electron chi connectivity index (χ0n) is 9.43. The molecule has 1 fully saturated rings. The van der Waals surface area contributed by atoms with E-state index in [0.29, 0.717) is 5.02 Å². The van der Waals surface area contributed by atoms with Gasteiger partial charge in [-0.05, 0) is 22.3 Å². The van der Waals surface area contributed by atoms with Gasteiger partial charge < -0.3 is 0 Å². The summed E-state index contributed by atoms with van der Waals surface area (Å²) in [6.07, 6.45) is 0. The summed E-state index contributed by atoms with van der Waals surface area (Å²) in [6.45, 7) is 8.60. The van der Waals surface area contributed by atoms with Gasteiger partial charge in [0.1, 0.15) is 0 Å².